The van der Waals surface area contributed by atoms with Gasteiger partial charge in [-0.15, -0.1) is 0 Å². The van der Waals surface area contributed by atoms with E-state index in [2.05, 4.69) is 48.5 Å². The van der Waals surface area contributed by atoms with Gasteiger partial charge < -0.3 is 9.84 Å². The third kappa shape index (κ3) is 3.21. The molecule has 0 radical (unpaired) electrons. The van der Waals surface area contributed by atoms with Gasteiger partial charge in [0.2, 0.25) is 0 Å². The molecular formula is C28H20O3. The number of carboxylic acid groups (broad SMARTS) is 1. The molecule has 0 amide bonds. The maximum absolute atomic E-state index is 11.3. The fourth-order valence-corrected chi connectivity index (χ4v) is 4.29. The van der Waals surface area contributed by atoms with E-state index in [4.69, 9.17) is 4.74 Å². The van der Waals surface area contributed by atoms with Crippen molar-refractivity contribution in [1.29, 1.82) is 0 Å². The lowest BCUT2D eigenvalue weighted by atomic mass is 9.86. The minimum atomic E-state index is -0.920. The lowest BCUT2D eigenvalue weighted by Crippen LogP contribution is -1.95. The molecule has 31 heavy (non-hydrogen) atoms. The molecule has 0 atom stereocenters. The van der Waals surface area contributed by atoms with E-state index in [1.807, 2.05) is 36.4 Å². The summed E-state index contributed by atoms with van der Waals surface area (Å²) < 4.78 is 5.34. The van der Waals surface area contributed by atoms with Gasteiger partial charge in [-0.3, -0.25) is 0 Å². The predicted octanol–water partition coefficient (Wildman–Crippen LogP) is 7.03. The largest absolute Gasteiger partial charge is 0.497 e. The molecule has 5 rings (SSSR count). The average Bonchev–Trinajstić information content (AvgIpc) is 2.82. The summed E-state index contributed by atoms with van der Waals surface area (Å²) in [5.41, 5.74) is 4.70. The Labute approximate surface area is 180 Å². The van der Waals surface area contributed by atoms with E-state index < -0.39 is 5.97 Å². The SMILES string of the molecule is COc1ccc(-c2c3ccccc3c(-c3ccc(C(=O)O)cc3)c3ccccc23)cc1. The molecule has 3 nitrogen and oxygen atoms in total. The van der Waals surface area contributed by atoms with E-state index in [9.17, 15) is 9.90 Å². The summed E-state index contributed by atoms with van der Waals surface area (Å²) in [6, 6.07) is 32.0. The van der Waals surface area contributed by atoms with Crippen LogP contribution in [-0.4, -0.2) is 18.2 Å². The van der Waals surface area contributed by atoms with Crippen molar-refractivity contribution in [3.8, 4) is 28.0 Å². The van der Waals surface area contributed by atoms with Gasteiger partial charge in [0.05, 0.1) is 12.7 Å². The molecule has 5 aromatic rings. The smallest absolute Gasteiger partial charge is 0.335 e. The molecule has 0 bridgehead atoms. The van der Waals surface area contributed by atoms with Gasteiger partial charge in [0, 0.05) is 0 Å². The molecule has 5 aromatic carbocycles. The Hall–Kier alpha value is -4.11. The number of aromatic carboxylic acids is 1. The van der Waals surface area contributed by atoms with Crippen molar-refractivity contribution >= 4 is 27.5 Å². The minimum Gasteiger partial charge on any atom is -0.497 e. The molecule has 1 N–H and O–H groups in total. The second-order valence-corrected chi connectivity index (χ2v) is 7.45. The van der Waals surface area contributed by atoms with E-state index >= 15 is 0 Å². The fourth-order valence-electron chi connectivity index (χ4n) is 4.29. The maximum Gasteiger partial charge on any atom is 0.335 e. The second-order valence-electron chi connectivity index (χ2n) is 7.45. The lowest BCUT2D eigenvalue weighted by Gasteiger charge is -2.18. The highest BCUT2D eigenvalue weighted by Gasteiger charge is 2.16. The van der Waals surface area contributed by atoms with Crippen LogP contribution in [0.2, 0.25) is 0 Å². The molecular weight excluding hydrogens is 384 g/mol. The quantitative estimate of drug-likeness (QED) is 0.327. The van der Waals surface area contributed by atoms with Gasteiger partial charge in [0.15, 0.2) is 0 Å². The number of hydrogen-bond donors (Lipinski definition) is 1. The molecule has 0 aromatic heterocycles. The average molecular weight is 404 g/mol. The van der Waals surface area contributed by atoms with Crippen LogP contribution < -0.4 is 4.74 Å². The van der Waals surface area contributed by atoms with Gasteiger partial charge in [0.25, 0.3) is 0 Å². The zero-order valence-corrected chi connectivity index (χ0v) is 17.0. The number of benzene rings is 5. The zero-order valence-electron chi connectivity index (χ0n) is 17.0. The minimum absolute atomic E-state index is 0.284. The van der Waals surface area contributed by atoms with Crippen molar-refractivity contribution in [2.45, 2.75) is 0 Å². The molecule has 0 heterocycles. The summed E-state index contributed by atoms with van der Waals surface area (Å²) in [4.78, 5) is 11.3. The van der Waals surface area contributed by atoms with Crippen molar-refractivity contribution in [2.24, 2.45) is 0 Å². The first kappa shape index (κ1) is 18.9. The normalized spacial score (nSPS) is 11.0. The van der Waals surface area contributed by atoms with Crippen molar-refractivity contribution in [1.82, 2.24) is 0 Å². The number of carboxylic acids is 1. The summed E-state index contributed by atoms with van der Waals surface area (Å²) in [5.74, 6) is -0.0939. The number of methoxy groups -OCH3 is 1. The van der Waals surface area contributed by atoms with Crippen molar-refractivity contribution in [2.75, 3.05) is 7.11 Å². The van der Waals surface area contributed by atoms with Crippen LogP contribution in [0.1, 0.15) is 10.4 Å². The van der Waals surface area contributed by atoms with E-state index in [0.717, 1.165) is 44.0 Å². The predicted molar refractivity (Wildman–Crippen MR) is 126 cm³/mol. The van der Waals surface area contributed by atoms with Gasteiger partial charge in [-0.1, -0.05) is 72.8 Å². The zero-order chi connectivity index (χ0) is 21.4. The topological polar surface area (TPSA) is 46.5 Å². The van der Waals surface area contributed by atoms with E-state index in [1.165, 1.54) is 5.56 Å². The Morgan fingerprint density at radius 1 is 0.613 bits per heavy atom. The van der Waals surface area contributed by atoms with Gasteiger partial charge in [-0.05, 0) is 68.1 Å². The second kappa shape index (κ2) is 7.62. The molecule has 0 aliphatic rings. The van der Waals surface area contributed by atoms with Crippen LogP contribution in [-0.2, 0) is 0 Å². The van der Waals surface area contributed by atoms with Crippen LogP contribution >= 0.6 is 0 Å². The van der Waals surface area contributed by atoms with E-state index in [0.29, 0.717) is 0 Å². The standard InChI is InChI=1S/C28H20O3/c1-31-21-16-14-19(15-17-21)27-24-8-4-2-6-22(24)26(23-7-3-5-9-25(23)27)18-10-12-20(13-11-18)28(29)30/h2-17H,1H3,(H,29,30). The summed E-state index contributed by atoms with van der Waals surface area (Å²) in [7, 11) is 1.67. The van der Waals surface area contributed by atoms with Gasteiger partial charge >= 0.3 is 5.97 Å². The fraction of sp³-hybridized carbons (Fsp3) is 0.0357. The first-order valence-corrected chi connectivity index (χ1v) is 10.1. The number of hydrogen-bond acceptors (Lipinski definition) is 2. The van der Waals surface area contributed by atoms with E-state index in [1.54, 1.807) is 19.2 Å². The van der Waals surface area contributed by atoms with Gasteiger partial charge in [-0.25, -0.2) is 4.79 Å². The highest BCUT2D eigenvalue weighted by Crippen LogP contribution is 2.43. The summed E-state index contributed by atoms with van der Waals surface area (Å²) in [6.07, 6.45) is 0. The molecule has 3 heteroatoms. The Kier molecular flexibility index (Phi) is 4.64. The molecule has 150 valence electrons. The number of fused-ring (bicyclic) bond motifs is 2. The molecule has 0 saturated heterocycles. The lowest BCUT2D eigenvalue weighted by molar-refractivity contribution is 0.0697. The Balaban J connectivity index is 1.86. The third-order valence-electron chi connectivity index (χ3n) is 5.73. The van der Waals surface area contributed by atoms with Crippen molar-refractivity contribution in [3.05, 3.63) is 103 Å². The van der Waals surface area contributed by atoms with Crippen LogP contribution in [0.25, 0.3) is 43.8 Å². The summed E-state index contributed by atoms with van der Waals surface area (Å²) >= 11 is 0. The molecule has 0 spiro atoms. The van der Waals surface area contributed by atoms with Crippen LogP contribution in [0.15, 0.2) is 97.1 Å². The van der Waals surface area contributed by atoms with E-state index in [-0.39, 0.29) is 5.56 Å². The van der Waals surface area contributed by atoms with Crippen LogP contribution in [0.3, 0.4) is 0 Å². The van der Waals surface area contributed by atoms with Crippen molar-refractivity contribution in [3.63, 3.8) is 0 Å². The van der Waals surface area contributed by atoms with Crippen LogP contribution in [0.5, 0.6) is 5.75 Å². The number of ether oxygens (including phenoxy) is 1. The van der Waals surface area contributed by atoms with Gasteiger partial charge in [-0.2, -0.15) is 0 Å². The van der Waals surface area contributed by atoms with Crippen LogP contribution in [0, 0.1) is 0 Å². The number of rotatable bonds is 4. The first-order valence-electron chi connectivity index (χ1n) is 10.1. The molecule has 0 aliphatic carbocycles. The molecule has 0 saturated carbocycles. The third-order valence-corrected chi connectivity index (χ3v) is 5.73. The Morgan fingerprint density at radius 3 is 1.35 bits per heavy atom. The molecule has 0 aliphatic heterocycles. The Morgan fingerprint density at radius 2 is 1.00 bits per heavy atom. The van der Waals surface area contributed by atoms with Gasteiger partial charge in [0.1, 0.15) is 5.75 Å². The maximum atomic E-state index is 11.3. The highest BCUT2D eigenvalue weighted by molar-refractivity contribution is 6.21. The monoisotopic (exact) mass is 404 g/mol. The summed E-state index contributed by atoms with van der Waals surface area (Å²) in [5, 5.41) is 13.9. The molecule has 0 unspecified atom stereocenters. The number of carbonyl (C=O) groups is 1. The highest BCUT2D eigenvalue weighted by atomic mass is 16.5. The van der Waals surface area contributed by atoms with Crippen LogP contribution in [0.4, 0.5) is 0 Å². The molecule has 0 fully saturated rings. The van der Waals surface area contributed by atoms with Crippen molar-refractivity contribution < 1.29 is 14.6 Å². The summed E-state index contributed by atoms with van der Waals surface area (Å²) in [6.45, 7) is 0. The Bertz CT molecular complexity index is 1360. The first-order chi connectivity index (χ1) is 15.2.